The van der Waals surface area contributed by atoms with Gasteiger partial charge in [-0.2, -0.15) is 0 Å². The summed E-state index contributed by atoms with van der Waals surface area (Å²) >= 11 is 1.58. The van der Waals surface area contributed by atoms with Crippen LogP contribution in [0.25, 0.3) is 0 Å². The summed E-state index contributed by atoms with van der Waals surface area (Å²) in [5.41, 5.74) is 1.19. The predicted octanol–water partition coefficient (Wildman–Crippen LogP) is 1.50. The van der Waals surface area contributed by atoms with Gasteiger partial charge in [-0.1, -0.05) is 0 Å². The molecule has 1 aliphatic heterocycles. The number of likely N-dealkylation sites (N-methyl/N-ethyl adjacent to an activating group) is 1. The minimum Gasteiger partial charge on any atom is -0.396 e. The zero-order chi connectivity index (χ0) is 14.0. The fourth-order valence-corrected chi connectivity index (χ4v) is 3.43. The van der Waals surface area contributed by atoms with Gasteiger partial charge in [-0.25, -0.2) is 0 Å². The van der Waals surface area contributed by atoms with Crippen LogP contribution in [0.4, 0.5) is 0 Å². The molecule has 0 saturated carbocycles. The van der Waals surface area contributed by atoms with E-state index < -0.39 is 0 Å². The molecule has 4 nitrogen and oxygen atoms in total. The van der Waals surface area contributed by atoms with Crippen molar-refractivity contribution in [3.63, 3.8) is 0 Å². The minimum atomic E-state index is 0.136. The number of carbonyl (C=O) groups is 1. The molecule has 1 aromatic heterocycles. The molecule has 106 valence electrons. The van der Waals surface area contributed by atoms with Gasteiger partial charge in [0.1, 0.15) is 0 Å². The van der Waals surface area contributed by atoms with Crippen LogP contribution in [0.1, 0.15) is 26.5 Å². The lowest BCUT2D eigenvalue weighted by Gasteiger charge is -2.39. The Balaban J connectivity index is 2.07. The normalized spacial score (nSPS) is 20.8. The number of hydrogen-bond donors (Lipinski definition) is 1. The molecule has 0 unspecified atom stereocenters. The molecule has 0 bridgehead atoms. The third kappa shape index (κ3) is 3.16. The van der Waals surface area contributed by atoms with Gasteiger partial charge in [0.15, 0.2) is 0 Å². The van der Waals surface area contributed by atoms with Crippen molar-refractivity contribution >= 4 is 17.2 Å². The number of piperazine rings is 1. The lowest BCUT2D eigenvalue weighted by Crippen LogP contribution is -2.53. The predicted molar refractivity (Wildman–Crippen MR) is 77.8 cm³/mol. The summed E-state index contributed by atoms with van der Waals surface area (Å²) < 4.78 is 0. The van der Waals surface area contributed by atoms with Crippen LogP contribution in [-0.4, -0.2) is 60.1 Å². The largest absolute Gasteiger partial charge is 0.396 e. The van der Waals surface area contributed by atoms with Gasteiger partial charge in [0.25, 0.3) is 5.91 Å². The molecule has 0 spiro atoms. The van der Waals surface area contributed by atoms with Crippen molar-refractivity contribution in [2.75, 3.05) is 33.3 Å². The first kappa shape index (κ1) is 14.5. The van der Waals surface area contributed by atoms with E-state index in [2.05, 4.69) is 18.9 Å². The highest BCUT2D eigenvalue weighted by atomic mass is 32.1. The quantitative estimate of drug-likeness (QED) is 0.914. The van der Waals surface area contributed by atoms with Gasteiger partial charge in [0.2, 0.25) is 0 Å². The molecule has 1 saturated heterocycles. The highest BCUT2D eigenvalue weighted by molar-refractivity contribution is 7.14. The molecule has 1 N–H and O–H groups in total. The third-order valence-corrected chi connectivity index (χ3v) is 5.04. The molecule has 1 atom stereocenters. The molecule has 19 heavy (non-hydrogen) atoms. The van der Waals surface area contributed by atoms with Crippen molar-refractivity contribution in [3.8, 4) is 0 Å². The minimum absolute atomic E-state index is 0.136. The first-order valence-electron chi connectivity index (χ1n) is 6.70. The molecule has 2 heterocycles. The van der Waals surface area contributed by atoms with Gasteiger partial charge >= 0.3 is 0 Å². The number of thiophene rings is 1. The maximum Gasteiger partial charge on any atom is 0.264 e. The van der Waals surface area contributed by atoms with Crippen molar-refractivity contribution in [1.82, 2.24) is 9.80 Å². The zero-order valence-corrected chi connectivity index (χ0v) is 12.7. The smallest absolute Gasteiger partial charge is 0.264 e. The van der Waals surface area contributed by atoms with Crippen LogP contribution in [0.3, 0.4) is 0 Å². The molecule has 1 fully saturated rings. The zero-order valence-electron chi connectivity index (χ0n) is 11.8. The van der Waals surface area contributed by atoms with E-state index in [-0.39, 0.29) is 18.6 Å². The van der Waals surface area contributed by atoms with Gasteiger partial charge < -0.3 is 10.0 Å². The Morgan fingerprint density at radius 1 is 1.47 bits per heavy atom. The Labute approximate surface area is 118 Å². The average Bonchev–Trinajstić information content (AvgIpc) is 2.72. The Kier molecular flexibility index (Phi) is 4.60. The highest BCUT2D eigenvalue weighted by Crippen LogP contribution is 2.23. The van der Waals surface area contributed by atoms with E-state index >= 15 is 0 Å². The van der Waals surface area contributed by atoms with Crippen LogP contribution in [0.5, 0.6) is 0 Å². The van der Waals surface area contributed by atoms with E-state index in [0.29, 0.717) is 6.54 Å². The topological polar surface area (TPSA) is 43.8 Å². The summed E-state index contributed by atoms with van der Waals surface area (Å²) in [6.45, 7) is 6.63. The van der Waals surface area contributed by atoms with Crippen LogP contribution in [0.15, 0.2) is 6.07 Å². The Morgan fingerprint density at radius 2 is 2.21 bits per heavy atom. The van der Waals surface area contributed by atoms with Gasteiger partial charge in [-0.3, -0.25) is 9.69 Å². The molecule has 5 heteroatoms. The molecule has 0 aliphatic carbocycles. The van der Waals surface area contributed by atoms with Crippen molar-refractivity contribution in [1.29, 1.82) is 0 Å². The first-order valence-corrected chi connectivity index (χ1v) is 7.52. The van der Waals surface area contributed by atoms with Crippen LogP contribution in [-0.2, 0) is 0 Å². The van der Waals surface area contributed by atoms with Gasteiger partial charge in [-0.05, 0) is 38.9 Å². The Morgan fingerprint density at radius 3 is 2.79 bits per heavy atom. The molecule has 1 aliphatic rings. The molecule has 1 aromatic rings. The number of aliphatic hydroxyl groups excluding tert-OH is 1. The molecule has 2 rings (SSSR count). The standard InChI is InChI=1S/C14H22N2O2S/c1-10-8-13(19-11(10)2)14(18)16-6-5-15(3)12(9-16)4-7-17/h8,12,17H,4-7,9H2,1-3H3/t12-/m1/s1. The average molecular weight is 282 g/mol. The Bertz CT molecular complexity index is 439. The maximum absolute atomic E-state index is 12.5. The second-order valence-corrected chi connectivity index (χ2v) is 6.50. The molecular formula is C14H22N2O2S. The van der Waals surface area contributed by atoms with E-state index in [4.69, 9.17) is 5.11 Å². The van der Waals surface area contributed by atoms with Crippen molar-refractivity contribution in [3.05, 3.63) is 21.4 Å². The third-order valence-electron chi connectivity index (χ3n) is 3.90. The number of carbonyl (C=O) groups excluding carboxylic acids is 1. The second kappa shape index (κ2) is 6.03. The molecule has 0 radical (unpaired) electrons. The van der Waals surface area contributed by atoms with Gasteiger partial charge in [0.05, 0.1) is 4.88 Å². The first-order chi connectivity index (χ1) is 9.02. The summed E-state index contributed by atoms with van der Waals surface area (Å²) in [6.07, 6.45) is 0.725. The molecular weight excluding hydrogens is 260 g/mol. The summed E-state index contributed by atoms with van der Waals surface area (Å²) in [7, 11) is 2.06. The van der Waals surface area contributed by atoms with E-state index in [1.807, 2.05) is 17.9 Å². The fraction of sp³-hybridized carbons (Fsp3) is 0.643. The van der Waals surface area contributed by atoms with Crippen molar-refractivity contribution < 1.29 is 9.90 Å². The summed E-state index contributed by atoms with van der Waals surface area (Å²) in [5.74, 6) is 0.136. The van der Waals surface area contributed by atoms with Gasteiger partial charge in [-0.15, -0.1) is 11.3 Å². The van der Waals surface area contributed by atoms with Crippen LogP contribution < -0.4 is 0 Å². The van der Waals surface area contributed by atoms with Gasteiger partial charge in [0, 0.05) is 37.2 Å². The number of aryl methyl sites for hydroxylation is 2. The number of aliphatic hydroxyl groups is 1. The number of nitrogens with zero attached hydrogens (tertiary/aromatic N) is 2. The van der Waals surface area contributed by atoms with Crippen molar-refractivity contribution in [2.45, 2.75) is 26.3 Å². The lowest BCUT2D eigenvalue weighted by molar-refractivity contribution is 0.0505. The lowest BCUT2D eigenvalue weighted by atomic mass is 10.1. The number of hydrogen-bond acceptors (Lipinski definition) is 4. The van der Waals surface area contributed by atoms with E-state index in [1.54, 1.807) is 11.3 Å². The second-order valence-electron chi connectivity index (χ2n) is 5.25. The fourth-order valence-electron chi connectivity index (χ4n) is 2.43. The van der Waals surface area contributed by atoms with Crippen LogP contribution >= 0.6 is 11.3 Å². The summed E-state index contributed by atoms with van der Waals surface area (Å²) in [5, 5.41) is 9.09. The summed E-state index contributed by atoms with van der Waals surface area (Å²) in [6, 6.07) is 2.26. The van der Waals surface area contributed by atoms with E-state index in [0.717, 1.165) is 24.4 Å². The molecule has 0 aromatic carbocycles. The van der Waals surface area contributed by atoms with E-state index in [1.165, 1.54) is 10.4 Å². The van der Waals surface area contributed by atoms with Crippen LogP contribution in [0.2, 0.25) is 0 Å². The SMILES string of the molecule is Cc1cc(C(=O)N2CCN(C)[C@H](CCO)C2)sc1C. The van der Waals surface area contributed by atoms with Crippen molar-refractivity contribution in [2.24, 2.45) is 0 Å². The Hall–Kier alpha value is -0.910. The molecule has 1 amide bonds. The number of amides is 1. The van der Waals surface area contributed by atoms with E-state index in [9.17, 15) is 4.79 Å². The maximum atomic E-state index is 12.5. The monoisotopic (exact) mass is 282 g/mol. The highest BCUT2D eigenvalue weighted by Gasteiger charge is 2.28. The van der Waals surface area contributed by atoms with Crippen LogP contribution in [0, 0.1) is 13.8 Å². The number of rotatable bonds is 3. The summed E-state index contributed by atoms with van der Waals surface area (Å²) in [4.78, 5) is 18.7.